The molecule has 0 atom stereocenters. The van der Waals surface area contributed by atoms with Crippen molar-refractivity contribution in [2.24, 2.45) is 0 Å². The van der Waals surface area contributed by atoms with Gasteiger partial charge in [-0.1, -0.05) is 47.0 Å². The van der Waals surface area contributed by atoms with Gasteiger partial charge >= 0.3 is 0 Å². The molecule has 0 aromatic carbocycles. The van der Waals surface area contributed by atoms with Crippen LogP contribution in [0.1, 0.15) is 45.6 Å². The van der Waals surface area contributed by atoms with Crippen molar-refractivity contribution < 1.29 is 0 Å². The Labute approximate surface area is 254 Å². The molecule has 4 heterocycles. The molecule has 0 spiro atoms. The summed E-state index contributed by atoms with van der Waals surface area (Å²) in [7, 11) is 0. The van der Waals surface area contributed by atoms with E-state index in [2.05, 4.69) is 39.9 Å². The monoisotopic (exact) mass is 612 g/mol. The second-order valence-corrected chi connectivity index (χ2v) is 13.4. The Morgan fingerprint density at radius 2 is 0.475 bits per heavy atom. The molecule has 0 aliphatic heterocycles. The van der Waals surface area contributed by atoms with Gasteiger partial charge in [0.25, 0.3) is 0 Å². The molecule has 12 heteroatoms. The molecule has 0 fully saturated rings. The summed E-state index contributed by atoms with van der Waals surface area (Å²) in [4.78, 5) is 35.3. The van der Waals surface area contributed by atoms with Gasteiger partial charge in [-0.3, -0.25) is 0 Å². The topological polar surface area (TPSA) is 103 Å². The average Bonchev–Trinajstić information content (AvgIpc) is 2.83. The number of rotatable bonds is 10. The van der Waals surface area contributed by atoms with Crippen LogP contribution in [-0.2, 0) is 0 Å². The van der Waals surface area contributed by atoms with E-state index in [9.17, 15) is 0 Å². The highest BCUT2D eigenvalue weighted by molar-refractivity contribution is 8.03. The maximum Gasteiger partial charge on any atom is 0.188 e. The molecule has 0 amide bonds. The third kappa shape index (κ3) is 12.1. The summed E-state index contributed by atoms with van der Waals surface area (Å²) >= 11 is 6.71. The maximum atomic E-state index is 4.42. The van der Waals surface area contributed by atoms with Crippen LogP contribution < -0.4 is 0 Å². The second kappa shape index (κ2) is 16.2. The standard InChI is InChI=1S/2C14H18N4S2/c2*1-9-7-10(2)16-13(15-9)19-5-6-20-14-17-11(3)8-12(4)18-14/h2*7-8H,5-6H2,1-4H3. The van der Waals surface area contributed by atoms with Gasteiger partial charge < -0.3 is 0 Å². The Bertz CT molecular complexity index is 1120. The maximum absolute atomic E-state index is 4.42. The fourth-order valence-corrected chi connectivity index (χ4v) is 7.30. The van der Waals surface area contributed by atoms with Crippen LogP contribution in [0.5, 0.6) is 0 Å². The third-order valence-corrected chi connectivity index (χ3v) is 8.85. The zero-order chi connectivity index (χ0) is 29.1. The molecule has 0 saturated carbocycles. The fourth-order valence-electron chi connectivity index (χ4n) is 3.56. The van der Waals surface area contributed by atoms with Crippen molar-refractivity contribution in [3.63, 3.8) is 0 Å². The first-order valence-corrected chi connectivity index (χ1v) is 16.8. The molecule has 0 unspecified atom stereocenters. The van der Waals surface area contributed by atoms with E-state index in [1.54, 1.807) is 47.0 Å². The summed E-state index contributed by atoms with van der Waals surface area (Å²) in [5.41, 5.74) is 8.15. The van der Waals surface area contributed by atoms with Crippen LogP contribution in [0, 0.1) is 55.4 Å². The van der Waals surface area contributed by atoms with Crippen LogP contribution in [0.15, 0.2) is 44.9 Å². The third-order valence-electron chi connectivity index (χ3n) is 4.94. The van der Waals surface area contributed by atoms with Crippen molar-refractivity contribution in [3.05, 3.63) is 69.8 Å². The van der Waals surface area contributed by atoms with Gasteiger partial charge in [0, 0.05) is 68.6 Å². The molecule has 4 aromatic heterocycles. The summed E-state index contributed by atoms with van der Waals surface area (Å²) in [5, 5.41) is 3.41. The number of aromatic nitrogens is 8. The van der Waals surface area contributed by atoms with Gasteiger partial charge in [0.05, 0.1) is 0 Å². The van der Waals surface area contributed by atoms with Gasteiger partial charge in [-0.2, -0.15) is 0 Å². The number of aryl methyl sites for hydroxylation is 8. The number of hydrogen-bond donors (Lipinski definition) is 0. The lowest BCUT2D eigenvalue weighted by Crippen LogP contribution is -1.96. The Balaban J connectivity index is 0.000000220. The van der Waals surface area contributed by atoms with E-state index in [0.717, 1.165) is 89.2 Å². The van der Waals surface area contributed by atoms with Gasteiger partial charge in [0.1, 0.15) is 0 Å². The lowest BCUT2D eigenvalue weighted by Gasteiger charge is -2.04. The number of thioether (sulfide) groups is 4. The minimum atomic E-state index is 0.851. The van der Waals surface area contributed by atoms with Crippen LogP contribution in [0.25, 0.3) is 0 Å². The summed E-state index contributed by atoms with van der Waals surface area (Å²) in [6.45, 7) is 16.0. The molecule has 0 radical (unpaired) electrons. The lowest BCUT2D eigenvalue weighted by molar-refractivity contribution is 0.899. The normalized spacial score (nSPS) is 10.8. The van der Waals surface area contributed by atoms with Crippen LogP contribution >= 0.6 is 47.0 Å². The SMILES string of the molecule is Cc1cc(C)nc(SCCSc2nc(C)cc(C)n2)n1.Cc1cc(C)nc(SCCSc2nc(C)cc(C)n2)n1. The summed E-state index contributed by atoms with van der Waals surface area (Å²) in [6.07, 6.45) is 0. The van der Waals surface area contributed by atoms with Gasteiger partial charge in [0.15, 0.2) is 20.6 Å². The molecule has 8 nitrogen and oxygen atoms in total. The highest BCUT2D eigenvalue weighted by atomic mass is 32.2. The molecule has 0 aliphatic carbocycles. The van der Waals surface area contributed by atoms with E-state index in [1.807, 2.05) is 79.7 Å². The van der Waals surface area contributed by atoms with Crippen molar-refractivity contribution in [1.82, 2.24) is 39.9 Å². The van der Waals surface area contributed by atoms with E-state index in [1.165, 1.54) is 0 Å². The van der Waals surface area contributed by atoms with Crippen molar-refractivity contribution in [2.75, 3.05) is 23.0 Å². The smallest absolute Gasteiger partial charge is 0.188 e. The quantitative estimate of drug-likeness (QED) is 0.107. The van der Waals surface area contributed by atoms with Gasteiger partial charge in [-0.05, 0) is 79.7 Å². The first-order valence-electron chi connectivity index (χ1n) is 12.9. The van der Waals surface area contributed by atoms with Crippen LogP contribution in [0.2, 0.25) is 0 Å². The highest BCUT2D eigenvalue weighted by Crippen LogP contribution is 2.21. The van der Waals surface area contributed by atoms with Crippen molar-refractivity contribution in [1.29, 1.82) is 0 Å². The Morgan fingerprint density at radius 1 is 0.325 bits per heavy atom. The number of hydrogen-bond acceptors (Lipinski definition) is 12. The molecule has 212 valence electrons. The Kier molecular flexibility index (Phi) is 13.1. The Morgan fingerprint density at radius 3 is 0.625 bits per heavy atom. The molecule has 40 heavy (non-hydrogen) atoms. The molecular weight excluding hydrogens is 577 g/mol. The minimum absolute atomic E-state index is 0.851. The summed E-state index contributed by atoms with van der Waals surface area (Å²) in [5.74, 6) is 3.79. The molecule has 0 N–H and O–H groups in total. The van der Waals surface area contributed by atoms with Gasteiger partial charge in [0.2, 0.25) is 0 Å². The van der Waals surface area contributed by atoms with Crippen molar-refractivity contribution in [3.8, 4) is 0 Å². The fraction of sp³-hybridized carbons (Fsp3) is 0.429. The molecule has 0 saturated heterocycles. The van der Waals surface area contributed by atoms with Gasteiger partial charge in [-0.15, -0.1) is 0 Å². The van der Waals surface area contributed by atoms with Crippen LogP contribution in [-0.4, -0.2) is 62.9 Å². The molecular formula is C28H36N8S4. The van der Waals surface area contributed by atoms with E-state index >= 15 is 0 Å². The molecule has 4 rings (SSSR count). The van der Waals surface area contributed by atoms with Crippen LogP contribution in [0.4, 0.5) is 0 Å². The average molecular weight is 613 g/mol. The van der Waals surface area contributed by atoms with E-state index in [4.69, 9.17) is 0 Å². The second-order valence-electron chi connectivity index (χ2n) is 9.13. The zero-order valence-corrected chi connectivity index (χ0v) is 27.6. The molecule has 0 aliphatic rings. The van der Waals surface area contributed by atoms with Crippen LogP contribution in [0.3, 0.4) is 0 Å². The van der Waals surface area contributed by atoms with Gasteiger partial charge in [-0.25, -0.2) is 39.9 Å². The Hall–Kier alpha value is -2.28. The predicted octanol–water partition coefficient (Wildman–Crippen LogP) is 6.77. The zero-order valence-electron chi connectivity index (χ0n) is 24.3. The summed E-state index contributed by atoms with van der Waals surface area (Å²) in [6, 6.07) is 7.95. The molecule has 0 bridgehead atoms. The van der Waals surface area contributed by atoms with Crippen molar-refractivity contribution >= 4 is 47.0 Å². The van der Waals surface area contributed by atoms with E-state index in [0.29, 0.717) is 0 Å². The first kappa shape index (κ1) is 32.2. The predicted molar refractivity (Wildman–Crippen MR) is 169 cm³/mol. The minimum Gasteiger partial charge on any atom is -0.228 e. The van der Waals surface area contributed by atoms with E-state index < -0.39 is 0 Å². The molecule has 4 aromatic rings. The largest absolute Gasteiger partial charge is 0.228 e. The number of nitrogens with zero attached hydrogens (tertiary/aromatic N) is 8. The van der Waals surface area contributed by atoms with E-state index in [-0.39, 0.29) is 0 Å². The summed E-state index contributed by atoms with van der Waals surface area (Å²) < 4.78 is 0. The van der Waals surface area contributed by atoms with Crippen molar-refractivity contribution in [2.45, 2.75) is 76.0 Å². The highest BCUT2D eigenvalue weighted by Gasteiger charge is 2.05. The lowest BCUT2D eigenvalue weighted by atomic mass is 10.4. The first-order chi connectivity index (χ1) is 19.0.